The topological polar surface area (TPSA) is 88.1 Å². The van der Waals surface area contributed by atoms with Crippen LogP contribution in [0, 0.1) is 5.92 Å². The molecule has 0 spiro atoms. The summed E-state index contributed by atoms with van der Waals surface area (Å²) in [5.74, 6) is 1.78. The van der Waals surface area contributed by atoms with Crippen molar-refractivity contribution in [1.29, 1.82) is 0 Å². The van der Waals surface area contributed by atoms with Crippen molar-refractivity contribution in [3.8, 4) is 17.1 Å². The normalized spacial score (nSPS) is 18.0. The lowest BCUT2D eigenvalue weighted by molar-refractivity contribution is 0.181. The molecule has 1 atom stereocenters. The Morgan fingerprint density at radius 1 is 1.48 bits per heavy atom. The first-order chi connectivity index (χ1) is 10.3. The SMILES string of the molecule is CCOc1cccc(N)c1-c1nnnn1CC1CCOC1. The molecule has 1 fully saturated rings. The maximum atomic E-state index is 6.11. The molecule has 1 aromatic carbocycles. The zero-order chi connectivity index (χ0) is 14.7. The predicted octanol–water partition coefficient (Wildman–Crippen LogP) is 1.36. The smallest absolute Gasteiger partial charge is 0.187 e. The number of nitrogens with two attached hydrogens (primary N) is 1. The molecule has 0 saturated carbocycles. The van der Waals surface area contributed by atoms with Crippen LogP contribution in [-0.2, 0) is 11.3 Å². The summed E-state index contributed by atoms with van der Waals surface area (Å²) in [6.45, 7) is 4.78. The van der Waals surface area contributed by atoms with Crippen molar-refractivity contribution in [2.24, 2.45) is 5.92 Å². The van der Waals surface area contributed by atoms with Gasteiger partial charge in [0.25, 0.3) is 0 Å². The molecule has 112 valence electrons. The summed E-state index contributed by atoms with van der Waals surface area (Å²) < 4.78 is 12.8. The molecule has 21 heavy (non-hydrogen) atoms. The molecule has 0 bridgehead atoms. The van der Waals surface area contributed by atoms with Crippen molar-refractivity contribution in [2.45, 2.75) is 19.9 Å². The average molecular weight is 289 g/mol. The second kappa shape index (κ2) is 6.09. The Hall–Kier alpha value is -2.15. The van der Waals surface area contributed by atoms with Crippen molar-refractivity contribution in [3.05, 3.63) is 18.2 Å². The van der Waals surface area contributed by atoms with E-state index in [1.807, 2.05) is 25.1 Å². The van der Waals surface area contributed by atoms with Gasteiger partial charge in [-0.15, -0.1) is 5.10 Å². The van der Waals surface area contributed by atoms with Gasteiger partial charge < -0.3 is 15.2 Å². The highest BCUT2D eigenvalue weighted by Gasteiger charge is 2.22. The van der Waals surface area contributed by atoms with E-state index < -0.39 is 0 Å². The minimum atomic E-state index is 0.438. The largest absolute Gasteiger partial charge is 0.493 e. The number of anilines is 1. The lowest BCUT2D eigenvalue weighted by Gasteiger charge is -2.13. The molecule has 7 nitrogen and oxygen atoms in total. The molecule has 1 unspecified atom stereocenters. The Kier molecular flexibility index (Phi) is 4.01. The van der Waals surface area contributed by atoms with Crippen LogP contribution in [0.5, 0.6) is 5.75 Å². The van der Waals surface area contributed by atoms with Gasteiger partial charge in [-0.25, -0.2) is 4.68 Å². The first-order valence-electron chi connectivity index (χ1n) is 7.15. The highest BCUT2D eigenvalue weighted by molar-refractivity contribution is 5.77. The molecule has 2 aromatic rings. The molecule has 2 heterocycles. The molecule has 0 aliphatic carbocycles. The van der Waals surface area contributed by atoms with Crippen molar-refractivity contribution in [3.63, 3.8) is 0 Å². The van der Waals surface area contributed by atoms with E-state index in [9.17, 15) is 0 Å². The summed E-state index contributed by atoms with van der Waals surface area (Å²) in [7, 11) is 0. The van der Waals surface area contributed by atoms with Crippen LogP contribution in [0.4, 0.5) is 5.69 Å². The second-order valence-corrected chi connectivity index (χ2v) is 5.07. The molecule has 1 aliphatic heterocycles. The zero-order valence-corrected chi connectivity index (χ0v) is 12.0. The Morgan fingerprint density at radius 2 is 2.38 bits per heavy atom. The van der Waals surface area contributed by atoms with E-state index in [4.69, 9.17) is 15.2 Å². The number of tetrazole rings is 1. The quantitative estimate of drug-likeness (QED) is 0.836. The van der Waals surface area contributed by atoms with E-state index in [0.29, 0.717) is 29.8 Å². The fourth-order valence-electron chi connectivity index (χ4n) is 2.54. The summed E-state index contributed by atoms with van der Waals surface area (Å²) in [6, 6.07) is 5.57. The van der Waals surface area contributed by atoms with E-state index in [1.165, 1.54) is 0 Å². The van der Waals surface area contributed by atoms with Crippen molar-refractivity contribution >= 4 is 5.69 Å². The summed E-state index contributed by atoms with van der Waals surface area (Å²) in [6.07, 6.45) is 1.03. The van der Waals surface area contributed by atoms with Gasteiger partial charge in [0, 0.05) is 18.2 Å². The number of benzene rings is 1. The molecule has 1 aliphatic rings. The maximum absolute atomic E-state index is 6.11. The van der Waals surface area contributed by atoms with Crippen molar-refractivity contribution < 1.29 is 9.47 Å². The van der Waals surface area contributed by atoms with Crippen LogP contribution in [0.2, 0.25) is 0 Å². The number of rotatable bonds is 5. The first-order valence-corrected chi connectivity index (χ1v) is 7.15. The van der Waals surface area contributed by atoms with Crippen LogP contribution in [0.25, 0.3) is 11.4 Å². The van der Waals surface area contributed by atoms with Crippen LogP contribution < -0.4 is 10.5 Å². The third-order valence-electron chi connectivity index (χ3n) is 3.57. The number of nitrogen functional groups attached to an aromatic ring is 1. The van der Waals surface area contributed by atoms with E-state index in [1.54, 1.807) is 4.68 Å². The second-order valence-electron chi connectivity index (χ2n) is 5.07. The average Bonchev–Trinajstić information content (AvgIpc) is 3.12. The maximum Gasteiger partial charge on any atom is 0.187 e. The lowest BCUT2D eigenvalue weighted by Crippen LogP contribution is -2.14. The summed E-state index contributed by atoms with van der Waals surface area (Å²) in [4.78, 5) is 0. The van der Waals surface area contributed by atoms with Gasteiger partial charge in [-0.1, -0.05) is 6.07 Å². The molecule has 7 heteroatoms. The van der Waals surface area contributed by atoms with Crippen LogP contribution >= 0.6 is 0 Å². The minimum absolute atomic E-state index is 0.438. The van der Waals surface area contributed by atoms with Gasteiger partial charge in [0.2, 0.25) is 0 Å². The van der Waals surface area contributed by atoms with Gasteiger partial charge in [0.05, 0.1) is 25.3 Å². The summed E-state index contributed by atoms with van der Waals surface area (Å²) >= 11 is 0. The number of hydrogen-bond acceptors (Lipinski definition) is 6. The van der Waals surface area contributed by atoms with E-state index in [2.05, 4.69) is 15.5 Å². The van der Waals surface area contributed by atoms with Gasteiger partial charge >= 0.3 is 0 Å². The van der Waals surface area contributed by atoms with E-state index in [-0.39, 0.29) is 0 Å². The van der Waals surface area contributed by atoms with Gasteiger partial charge in [0.15, 0.2) is 5.82 Å². The highest BCUT2D eigenvalue weighted by atomic mass is 16.5. The lowest BCUT2D eigenvalue weighted by atomic mass is 10.1. The Balaban J connectivity index is 1.95. The van der Waals surface area contributed by atoms with Gasteiger partial charge in [-0.05, 0) is 35.9 Å². The van der Waals surface area contributed by atoms with E-state index >= 15 is 0 Å². The third-order valence-corrected chi connectivity index (χ3v) is 3.57. The fraction of sp³-hybridized carbons (Fsp3) is 0.500. The predicted molar refractivity (Wildman–Crippen MR) is 77.8 cm³/mol. The van der Waals surface area contributed by atoms with Crippen LogP contribution in [0.3, 0.4) is 0 Å². The standard InChI is InChI=1S/C14H19N5O2/c1-2-21-12-5-3-4-11(15)13(12)14-16-17-18-19(14)8-10-6-7-20-9-10/h3-5,10H,2,6-9,15H2,1H3. The molecule has 1 aromatic heterocycles. The van der Waals surface area contributed by atoms with Crippen LogP contribution in [0.1, 0.15) is 13.3 Å². The highest BCUT2D eigenvalue weighted by Crippen LogP contribution is 2.34. The monoisotopic (exact) mass is 289 g/mol. The molecule has 1 saturated heterocycles. The number of aromatic nitrogens is 4. The van der Waals surface area contributed by atoms with Crippen LogP contribution in [-0.4, -0.2) is 40.0 Å². The Labute approximate surface area is 123 Å². The molecule has 0 amide bonds. The Morgan fingerprint density at radius 3 is 3.14 bits per heavy atom. The van der Waals surface area contributed by atoms with Crippen LogP contribution in [0.15, 0.2) is 18.2 Å². The fourth-order valence-corrected chi connectivity index (χ4v) is 2.54. The zero-order valence-electron chi connectivity index (χ0n) is 12.0. The molecular weight excluding hydrogens is 270 g/mol. The molecule has 3 rings (SSSR count). The van der Waals surface area contributed by atoms with Crippen molar-refractivity contribution in [2.75, 3.05) is 25.6 Å². The summed E-state index contributed by atoms with van der Waals surface area (Å²) in [5, 5.41) is 12.0. The molecular formula is C14H19N5O2. The number of ether oxygens (including phenoxy) is 2. The molecule has 0 radical (unpaired) electrons. The molecule has 2 N–H and O–H groups in total. The minimum Gasteiger partial charge on any atom is -0.493 e. The van der Waals surface area contributed by atoms with Gasteiger partial charge in [-0.2, -0.15) is 0 Å². The third kappa shape index (κ3) is 2.82. The number of hydrogen-bond donors (Lipinski definition) is 1. The number of nitrogens with zero attached hydrogens (tertiary/aromatic N) is 4. The Bertz CT molecular complexity index is 607. The van der Waals surface area contributed by atoms with E-state index in [0.717, 1.165) is 31.7 Å². The first kappa shape index (κ1) is 13.8. The van der Waals surface area contributed by atoms with Gasteiger partial charge in [-0.3, -0.25) is 0 Å². The van der Waals surface area contributed by atoms with Gasteiger partial charge in [0.1, 0.15) is 5.75 Å². The van der Waals surface area contributed by atoms with Crippen molar-refractivity contribution in [1.82, 2.24) is 20.2 Å². The summed E-state index contributed by atoms with van der Waals surface area (Å²) in [5.41, 5.74) is 7.47.